The Labute approximate surface area is 153 Å². The predicted octanol–water partition coefficient (Wildman–Crippen LogP) is 0.650. The highest BCUT2D eigenvalue weighted by atomic mass is 16.2. The van der Waals surface area contributed by atoms with Crippen LogP contribution in [0.5, 0.6) is 0 Å². The number of aromatic amines is 1. The van der Waals surface area contributed by atoms with Crippen LogP contribution in [0.1, 0.15) is 38.5 Å². The Hall–Kier alpha value is -1.89. The highest BCUT2D eigenvalue weighted by Crippen LogP contribution is 2.33. The number of hydrogen-bond donors (Lipinski definition) is 1. The minimum Gasteiger partial charge on any atom is -0.341 e. The van der Waals surface area contributed by atoms with Crippen molar-refractivity contribution in [2.75, 3.05) is 26.2 Å². The molecule has 1 amide bonds. The molecule has 3 saturated heterocycles. The fourth-order valence-corrected chi connectivity index (χ4v) is 4.61. The van der Waals surface area contributed by atoms with Crippen molar-refractivity contribution in [2.24, 2.45) is 11.8 Å². The Morgan fingerprint density at radius 3 is 2.69 bits per heavy atom. The molecule has 1 aliphatic carbocycles. The second kappa shape index (κ2) is 7.39. The van der Waals surface area contributed by atoms with E-state index in [1.54, 1.807) is 0 Å². The van der Waals surface area contributed by atoms with Crippen molar-refractivity contribution in [1.82, 2.24) is 19.4 Å². The standard InChI is InChI=1S/C19H28N4O3/c24-17-6-8-21(19(26)20-17)9-7-18(25)23-12-15-4-5-16(13-23)22(11-15)10-14-2-1-3-14/h6,8,14-16H,1-5,7,9-13H2,(H,20,24,26)/t15-,16-/m1/s1. The third kappa shape index (κ3) is 3.77. The topological polar surface area (TPSA) is 78.4 Å². The average Bonchev–Trinajstić information content (AvgIpc) is 2.89. The number of aromatic nitrogens is 2. The molecule has 7 nitrogen and oxygen atoms in total. The average molecular weight is 360 g/mol. The molecule has 1 saturated carbocycles. The first-order valence-electron chi connectivity index (χ1n) is 9.90. The summed E-state index contributed by atoms with van der Waals surface area (Å²) >= 11 is 0. The van der Waals surface area contributed by atoms with E-state index in [1.807, 2.05) is 4.90 Å². The summed E-state index contributed by atoms with van der Waals surface area (Å²) in [6, 6.07) is 1.81. The van der Waals surface area contributed by atoms with E-state index < -0.39 is 11.2 Å². The van der Waals surface area contributed by atoms with Crippen LogP contribution >= 0.6 is 0 Å². The number of nitrogens with zero attached hydrogens (tertiary/aromatic N) is 3. The number of carbonyl (C=O) groups is 1. The third-order valence-electron chi connectivity index (χ3n) is 6.36. The van der Waals surface area contributed by atoms with Crippen LogP contribution in [0.3, 0.4) is 0 Å². The van der Waals surface area contributed by atoms with Gasteiger partial charge in [-0.05, 0) is 37.5 Å². The largest absolute Gasteiger partial charge is 0.341 e. The van der Waals surface area contributed by atoms with Gasteiger partial charge in [-0.2, -0.15) is 0 Å². The highest BCUT2D eigenvalue weighted by Gasteiger charge is 2.37. The maximum absolute atomic E-state index is 12.7. The summed E-state index contributed by atoms with van der Waals surface area (Å²) in [4.78, 5) is 42.5. The zero-order valence-electron chi connectivity index (χ0n) is 15.2. The first kappa shape index (κ1) is 17.5. The van der Waals surface area contributed by atoms with Gasteiger partial charge in [0.25, 0.3) is 5.56 Å². The summed E-state index contributed by atoms with van der Waals surface area (Å²) < 4.78 is 1.40. The second-order valence-electron chi connectivity index (χ2n) is 8.20. The number of aryl methyl sites for hydroxylation is 1. The Morgan fingerprint density at radius 2 is 1.96 bits per heavy atom. The molecule has 4 heterocycles. The lowest BCUT2D eigenvalue weighted by molar-refractivity contribution is -0.131. The first-order valence-corrected chi connectivity index (χ1v) is 9.90. The van der Waals surface area contributed by atoms with Crippen LogP contribution < -0.4 is 11.2 Å². The Bertz CT molecular complexity index is 767. The Balaban J connectivity index is 1.36. The van der Waals surface area contributed by atoms with Crippen LogP contribution in [0.2, 0.25) is 0 Å². The third-order valence-corrected chi connectivity index (χ3v) is 6.36. The van der Waals surface area contributed by atoms with E-state index in [2.05, 4.69) is 9.88 Å². The van der Waals surface area contributed by atoms with Gasteiger partial charge in [-0.25, -0.2) is 4.79 Å². The molecule has 5 rings (SSSR count). The summed E-state index contributed by atoms with van der Waals surface area (Å²) in [7, 11) is 0. The molecule has 2 bridgehead atoms. The number of piperidine rings is 1. The van der Waals surface area contributed by atoms with E-state index in [9.17, 15) is 14.4 Å². The van der Waals surface area contributed by atoms with Gasteiger partial charge < -0.3 is 9.47 Å². The van der Waals surface area contributed by atoms with Gasteiger partial charge >= 0.3 is 5.69 Å². The first-order chi connectivity index (χ1) is 12.6. The van der Waals surface area contributed by atoms with Crippen LogP contribution in [0.15, 0.2) is 21.9 Å². The minimum atomic E-state index is -0.451. The molecule has 1 N–H and O–H groups in total. The number of carbonyl (C=O) groups excluding carboxylic acids is 1. The summed E-state index contributed by atoms with van der Waals surface area (Å²) in [5, 5.41) is 0. The van der Waals surface area contributed by atoms with Crippen molar-refractivity contribution in [3.63, 3.8) is 0 Å². The number of amides is 1. The van der Waals surface area contributed by atoms with Crippen molar-refractivity contribution in [3.8, 4) is 0 Å². The molecule has 0 radical (unpaired) electrons. The monoisotopic (exact) mass is 360 g/mol. The Kier molecular flexibility index (Phi) is 4.98. The number of hydrogen-bond acceptors (Lipinski definition) is 4. The fourth-order valence-electron chi connectivity index (χ4n) is 4.61. The molecule has 26 heavy (non-hydrogen) atoms. The van der Waals surface area contributed by atoms with Crippen LogP contribution in [0, 0.1) is 11.8 Å². The molecule has 0 aromatic carbocycles. The van der Waals surface area contributed by atoms with Crippen LogP contribution in [-0.2, 0) is 11.3 Å². The maximum Gasteiger partial charge on any atom is 0.328 e. The molecule has 1 aromatic rings. The van der Waals surface area contributed by atoms with Crippen molar-refractivity contribution in [1.29, 1.82) is 0 Å². The van der Waals surface area contributed by atoms with Crippen LogP contribution in [0.25, 0.3) is 0 Å². The van der Waals surface area contributed by atoms with E-state index in [4.69, 9.17) is 0 Å². The Morgan fingerprint density at radius 1 is 1.12 bits per heavy atom. The molecular formula is C19H28N4O3. The van der Waals surface area contributed by atoms with Crippen LogP contribution in [0.4, 0.5) is 0 Å². The molecule has 4 fully saturated rings. The summed E-state index contributed by atoms with van der Waals surface area (Å²) in [6.45, 7) is 4.31. The highest BCUT2D eigenvalue weighted by molar-refractivity contribution is 5.76. The molecule has 1 aromatic heterocycles. The SMILES string of the molecule is O=C(CCn1ccc(=O)[nH]c1=O)N1C[C@@H]2CC[C@H](C1)N(CC1CCC1)C2. The smallest absolute Gasteiger partial charge is 0.328 e. The second-order valence-corrected chi connectivity index (χ2v) is 8.20. The molecule has 3 aliphatic heterocycles. The van der Waals surface area contributed by atoms with Gasteiger partial charge in [0.05, 0.1) is 0 Å². The van der Waals surface area contributed by atoms with E-state index in [0.717, 1.165) is 25.6 Å². The normalized spacial score (nSPS) is 26.5. The van der Waals surface area contributed by atoms with Gasteiger partial charge in [0.15, 0.2) is 0 Å². The van der Waals surface area contributed by atoms with E-state index in [0.29, 0.717) is 24.9 Å². The fraction of sp³-hybridized carbons (Fsp3) is 0.737. The van der Waals surface area contributed by atoms with Crippen molar-refractivity contribution in [3.05, 3.63) is 33.1 Å². The predicted molar refractivity (Wildman–Crippen MR) is 97.9 cm³/mol. The lowest BCUT2D eigenvalue weighted by Crippen LogP contribution is -2.47. The number of fused-ring (bicyclic) bond motifs is 4. The quantitative estimate of drug-likeness (QED) is 0.836. The van der Waals surface area contributed by atoms with Crippen LogP contribution in [-0.4, -0.2) is 57.5 Å². The molecule has 2 atom stereocenters. The van der Waals surface area contributed by atoms with E-state index in [1.165, 1.54) is 55.5 Å². The zero-order valence-corrected chi connectivity index (χ0v) is 15.2. The van der Waals surface area contributed by atoms with Gasteiger partial charge in [-0.3, -0.25) is 19.5 Å². The molecule has 142 valence electrons. The number of nitrogens with one attached hydrogen (secondary N) is 1. The van der Waals surface area contributed by atoms with Gasteiger partial charge in [-0.15, -0.1) is 0 Å². The van der Waals surface area contributed by atoms with Gasteiger partial charge in [0, 0.05) is 57.4 Å². The molecule has 4 aliphatic rings. The summed E-state index contributed by atoms with van der Waals surface area (Å²) in [6.07, 6.45) is 8.28. The maximum atomic E-state index is 12.7. The zero-order chi connectivity index (χ0) is 18.1. The van der Waals surface area contributed by atoms with E-state index in [-0.39, 0.29) is 5.91 Å². The molecule has 0 spiro atoms. The van der Waals surface area contributed by atoms with E-state index >= 15 is 0 Å². The summed E-state index contributed by atoms with van der Waals surface area (Å²) in [5.41, 5.74) is -0.860. The lowest BCUT2D eigenvalue weighted by atomic mass is 9.83. The number of H-pyrrole nitrogens is 1. The molecule has 0 unspecified atom stereocenters. The lowest BCUT2D eigenvalue weighted by Gasteiger charge is -2.40. The summed E-state index contributed by atoms with van der Waals surface area (Å²) in [5.74, 6) is 1.56. The van der Waals surface area contributed by atoms with Crippen molar-refractivity contribution >= 4 is 5.91 Å². The van der Waals surface area contributed by atoms with Crippen molar-refractivity contribution in [2.45, 2.75) is 51.1 Å². The minimum absolute atomic E-state index is 0.116. The van der Waals surface area contributed by atoms with Crippen molar-refractivity contribution < 1.29 is 4.79 Å². The van der Waals surface area contributed by atoms with Gasteiger partial charge in [-0.1, -0.05) is 6.42 Å². The van der Waals surface area contributed by atoms with Gasteiger partial charge in [0.2, 0.25) is 5.91 Å². The molecular weight excluding hydrogens is 332 g/mol. The van der Waals surface area contributed by atoms with Gasteiger partial charge in [0.1, 0.15) is 0 Å². The number of rotatable bonds is 5. The molecule has 7 heteroatoms.